The van der Waals surface area contributed by atoms with Gasteiger partial charge in [-0.25, -0.2) is 10.0 Å². The van der Waals surface area contributed by atoms with Crippen LogP contribution in [0.25, 0.3) is 0 Å². The van der Waals surface area contributed by atoms with Crippen molar-refractivity contribution in [2.45, 2.75) is 114 Å². The van der Waals surface area contributed by atoms with Crippen LogP contribution in [0.5, 0.6) is 11.5 Å². The number of carbonyl (C=O) groups is 4. The van der Waals surface area contributed by atoms with Gasteiger partial charge >= 0.3 is 11.9 Å². The Labute approximate surface area is 369 Å². The highest BCUT2D eigenvalue weighted by atomic mass is 32.2. The van der Waals surface area contributed by atoms with Gasteiger partial charge in [-0.05, 0) is 46.6 Å². The molecule has 3 aliphatic heterocycles. The van der Waals surface area contributed by atoms with Gasteiger partial charge in [-0.15, -0.1) is 0 Å². The zero-order valence-corrected chi connectivity index (χ0v) is 38.3. The molecule has 3 heterocycles. The van der Waals surface area contributed by atoms with Gasteiger partial charge in [0.25, 0.3) is 11.8 Å². The van der Waals surface area contributed by atoms with Gasteiger partial charge in [-0.3, -0.25) is 19.2 Å². The van der Waals surface area contributed by atoms with Crippen LogP contribution >= 0.6 is 47.0 Å². The Morgan fingerprint density at radius 2 is 1.00 bits per heavy atom. The Bertz CT molecular complexity index is 2200. The van der Waals surface area contributed by atoms with Crippen LogP contribution in [-0.2, 0) is 32.3 Å². The third kappa shape index (κ3) is 10.6. The predicted molar refractivity (Wildman–Crippen MR) is 236 cm³/mol. The fourth-order valence-electron chi connectivity index (χ4n) is 7.59. The molecular weight excluding hydrogens is 833 g/mol. The number of hydrazine groups is 1. The number of benzene rings is 3. The molecule has 3 aromatic carbocycles. The molecule has 1 saturated heterocycles. The zero-order chi connectivity index (χ0) is 43.5. The highest BCUT2D eigenvalue weighted by Crippen LogP contribution is 2.68. The summed E-state index contributed by atoms with van der Waals surface area (Å²) in [5.41, 5.74) is 1.46. The van der Waals surface area contributed by atoms with Crippen LogP contribution in [0.2, 0.25) is 0 Å². The monoisotopic (exact) mass is 880 g/mol. The van der Waals surface area contributed by atoms with Gasteiger partial charge in [0.05, 0.1) is 41.1 Å². The lowest BCUT2D eigenvalue weighted by molar-refractivity contribution is -0.149. The number of nitriles is 2. The minimum Gasteiger partial charge on any atom is -0.424 e. The quantitative estimate of drug-likeness (QED) is 0.0562. The second-order valence-electron chi connectivity index (χ2n) is 17.7. The summed E-state index contributed by atoms with van der Waals surface area (Å²) in [7, 11) is 0. The van der Waals surface area contributed by atoms with E-state index in [9.17, 15) is 29.7 Å². The van der Waals surface area contributed by atoms with Crippen LogP contribution in [0.1, 0.15) is 92.2 Å². The first-order chi connectivity index (χ1) is 28.3. The van der Waals surface area contributed by atoms with Crippen LogP contribution in [-0.4, -0.2) is 33.8 Å². The van der Waals surface area contributed by atoms with Crippen LogP contribution in [0, 0.1) is 45.3 Å². The molecule has 0 N–H and O–H groups in total. The maximum Gasteiger partial charge on any atom is 0.311 e. The molecular formula is C46H48N4O6S4. The molecule has 60 heavy (non-hydrogen) atoms. The molecule has 10 nitrogen and oxygen atoms in total. The summed E-state index contributed by atoms with van der Waals surface area (Å²) in [4.78, 5) is 58.4. The van der Waals surface area contributed by atoms with Crippen LogP contribution in [0.3, 0.4) is 0 Å². The molecule has 0 radical (unpaired) electrons. The van der Waals surface area contributed by atoms with Crippen molar-refractivity contribution >= 4 is 70.8 Å². The second-order valence-corrected chi connectivity index (χ2v) is 22.3. The molecule has 3 aromatic rings. The van der Waals surface area contributed by atoms with Gasteiger partial charge in [0.2, 0.25) is 0 Å². The summed E-state index contributed by atoms with van der Waals surface area (Å²) in [6.07, 6.45) is 1.79. The third-order valence-corrected chi connectivity index (χ3v) is 14.8. The third-order valence-electron chi connectivity index (χ3n) is 9.57. The number of ether oxygens (including phenoxy) is 2. The van der Waals surface area contributed by atoms with E-state index in [-0.39, 0.29) is 71.2 Å². The van der Waals surface area contributed by atoms with Gasteiger partial charge < -0.3 is 9.47 Å². The van der Waals surface area contributed by atoms with Gasteiger partial charge in [0, 0.05) is 12.8 Å². The number of carbonyl (C=O) groups excluding carboxylic acids is 4. The molecule has 3 aliphatic rings. The van der Waals surface area contributed by atoms with E-state index < -0.39 is 23.8 Å². The fourth-order valence-corrected chi connectivity index (χ4v) is 12.9. The molecule has 312 valence electrons. The first-order valence-electron chi connectivity index (χ1n) is 19.7. The molecule has 2 unspecified atom stereocenters. The van der Waals surface area contributed by atoms with E-state index in [4.69, 9.17) is 9.47 Å². The summed E-state index contributed by atoms with van der Waals surface area (Å²) in [5, 5.41) is 22.6. The predicted octanol–water partition coefficient (Wildman–Crippen LogP) is 11.3. The van der Waals surface area contributed by atoms with Crippen LogP contribution < -0.4 is 9.47 Å². The molecule has 14 heteroatoms. The molecule has 0 bridgehead atoms. The molecule has 6 rings (SSSR count). The highest BCUT2D eigenvalue weighted by molar-refractivity contribution is 8.26. The van der Waals surface area contributed by atoms with E-state index >= 15 is 0 Å². The van der Waals surface area contributed by atoms with E-state index in [0.717, 1.165) is 71.0 Å². The van der Waals surface area contributed by atoms with E-state index in [0.29, 0.717) is 28.1 Å². The molecule has 0 aromatic heterocycles. The first-order valence-corrected chi connectivity index (χ1v) is 23.0. The number of amides is 2. The van der Waals surface area contributed by atoms with E-state index in [1.54, 1.807) is 0 Å². The molecule has 0 aliphatic carbocycles. The number of nitrogens with zero attached hydrogens (tertiary/aromatic N) is 4. The topological polar surface area (TPSA) is 141 Å². The Hall–Kier alpha value is -4.60. The van der Waals surface area contributed by atoms with Crippen molar-refractivity contribution < 1.29 is 28.7 Å². The van der Waals surface area contributed by atoms with E-state index in [1.807, 2.05) is 86.6 Å². The largest absolute Gasteiger partial charge is 0.424 e. The maximum atomic E-state index is 14.6. The number of hydrogen-bond donors (Lipinski definition) is 0. The Balaban J connectivity index is 1.47. The lowest BCUT2D eigenvalue weighted by Crippen LogP contribution is -2.39. The van der Waals surface area contributed by atoms with Crippen molar-refractivity contribution in [2.75, 3.05) is 0 Å². The van der Waals surface area contributed by atoms with Gasteiger partial charge in [-0.2, -0.15) is 10.5 Å². The van der Waals surface area contributed by atoms with Crippen LogP contribution in [0.15, 0.2) is 99.9 Å². The molecule has 2 atom stereocenters. The van der Waals surface area contributed by atoms with Crippen LogP contribution in [0.4, 0.5) is 0 Å². The van der Waals surface area contributed by atoms with Gasteiger partial charge in [-0.1, -0.05) is 163 Å². The normalized spacial score (nSPS) is 16.0. The summed E-state index contributed by atoms with van der Waals surface area (Å²) < 4.78 is 13.3. The minimum atomic E-state index is -0.485. The number of allylic oxidation sites excluding steroid dienone is 1. The molecule has 1 fully saturated rings. The SMILES string of the molecule is CC(CC(=O)Oc1c2c(c(OC(=O)CC(C)CC(C)(C)C)c3c1SC(=C1C(=O)N(Cc4ccccc4)N(Cc4ccccc4)C1=O)S3)SC(=C(C#N)C#N)S2)CC(C)(C)C. The average molecular weight is 881 g/mol. The van der Waals surface area contributed by atoms with E-state index in [1.165, 1.54) is 10.0 Å². The summed E-state index contributed by atoms with van der Waals surface area (Å²) in [6, 6.07) is 22.8. The van der Waals surface area contributed by atoms with E-state index in [2.05, 4.69) is 41.5 Å². The van der Waals surface area contributed by atoms with Crippen molar-refractivity contribution in [2.24, 2.45) is 22.7 Å². The maximum absolute atomic E-state index is 14.6. The molecule has 2 amide bonds. The van der Waals surface area contributed by atoms with Gasteiger partial charge in [0.15, 0.2) is 11.5 Å². The second kappa shape index (κ2) is 18.6. The number of rotatable bonds is 12. The molecule has 0 spiro atoms. The lowest BCUT2D eigenvalue weighted by Gasteiger charge is -2.27. The smallest absolute Gasteiger partial charge is 0.311 e. The minimum absolute atomic E-state index is 0.00480. The highest BCUT2D eigenvalue weighted by Gasteiger charge is 2.47. The Morgan fingerprint density at radius 1 is 0.633 bits per heavy atom. The van der Waals surface area contributed by atoms with Crippen molar-refractivity contribution in [1.29, 1.82) is 10.5 Å². The van der Waals surface area contributed by atoms with Crippen molar-refractivity contribution in [3.63, 3.8) is 0 Å². The number of hydrogen-bond acceptors (Lipinski definition) is 12. The number of thioether (sulfide) groups is 4. The fraction of sp³-hybridized carbons (Fsp3) is 0.391. The average Bonchev–Trinajstić information content (AvgIpc) is 3.85. The Kier molecular flexibility index (Phi) is 13.9. The van der Waals surface area contributed by atoms with Crippen molar-refractivity contribution in [3.8, 4) is 23.6 Å². The molecule has 0 saturated carbocycles. The summed E-state index contributed by atoms with van der Waals surface area (Å²) >= 11 is 4.43. The number of esters is 2. The first kappa shape index (κ1) is 44.9. The van der Waals surface area contributed by atoms with Gasteiger partial charge in [0.1, 0.15) is 23.3 Å². The Morgan fingerprint density at radius 3 is 1.35 bits per heavy atom. The van der Waals surface area contributed by atoms with Crippen molar-refractivity contribution in [1.82, 2.24) is 10.0 Å². The zero-order valence-electron chi connectivity index (χ0n) is 35.0. The number of fused-ring (bicyclic) bond motifs is 2. The summed E-state index contributed by atoms with van der Waals surface area (Å²) in [6.45, 7) is 17.0. The lowest BCUT2D eigenvalue weighted by atomic mass is 9.84. The van der Waals surface area contributed by atoms with Crippen molar-refractivity contribution in [3.05, 3.63) is 91.4 Å². The standard InChI is InChI=1S/C46H48N4O6S4/c1-27(21-45(3,4)5)19-32(51)55-35-37-38(58-43(57-37)31(23-47)24-48)36(56-33(52)20-28(2)22-46(6,7)8)40-39(35)59-44(60-40)34-41(53)49(25-29-15-11-9-12-16-29)50(42(34)54)26-30-17-13-10-14-18-30/h9-18,27-28H,19-22,25-26H2,1-8H3. The summed E-state index contributed by atoms with van der Waals surface area (Å²) in [5.74, 6) is -1.60.